The zero-order valence-corrected chi connectivity index (χ0v) is 22.3. The summed E-state index contributed by atoms with van der Waals surface area (Å²) in [6, 6.07) is 7.81. The molecule has 1 atom stereocenters. The van der Waals surface area contributed by atoms with Crippen LogP contribution in [-0.4, -0.2) is 74.1 Å². The van der Waals surface area contributed by atoms with Crippen LogP contribution in [0.5, 0.6) is 17.2 Å². The minimum atomic E-state index is -0.844. The average molecular weight is 517 g/mol. The molecule has 194 valence electrons. The number of amides is 1. The number of likely N-dealkylation sites (tertiary alicyclic amines) is 1. The van der Waals surface area contributed by atoms with Crippen molar-refractivity contribution in [2.75, 3.05) is 47.5 Å². The Morgan fingerprint density at radius 2 is 1.75 bits per heavy atom. The maximum absolute atomic E-state index is 13.4. The van der Waals surface area contributed by atoms with E-state index in [1.807, 2.05) is 39.8 Å². The van der Waals surface area contributed by atoms with Gasteiger partial charge in [0.25, 0.3) is 11.7 Å². The van der Waals surface area contributed by atoms with Crippen LogP contribution < -0.4 is 14.2 Å². The van der Waals surface area contributed by atoms with Crippen molar-refractivity contribution in [1.82, 2.24) is 9.80 Å². The van der Waals surface area contributed by atoms with Crippen LogP contribution in [0.1, 0.15) is 36.6 Å². The monoisotopic (exact) mass is 516 g/mol. The van der Waals surface area contributed by atoms with E-state index in [1.54, 1.807) is 30.3 Å². The topological polar surface area (TPSA) is 88.5 Å². The summed E-state index contributed by atoms with van der Waals surface area (Å²) < 4.78 is 16.9. The van der Waals surface area contributed by atoms with Crippen molar-refractivity contribution < 1.29 is 28.9 Å². The van der Waals surface area contributed by atoms with E-state index in [9.17, 15) is 14.7 Å². The molecule has 1 N–H and O–H groups in total. The number of nitrogens with zero attached hydrogens (tertiary/aromatic N) is 2. The lowest BCUT2D eigenvalue weighted by Gasteiger charge is -2.27. The van der Waals surface area contributed by atoms with Gasteiger partial charge in [-0.25, -0.2) is 0 Å². The van der Waals surface area contributed by atoms with Gasteiger partial charge in [-0.15, -0.1) is 0 Å². The lowest BCUT2D eigenvalue weighted by atomic mass is 9.94. The van der Waals surface area contributed by atoms with Crippen molar-refractivity contribution in [3.8, 4) is 17.2 Å². The molecule has 36 heavy (non-hydrogen) atoms. The van der Waals surface area contributed by atoms with Gasteiger partial charge in [0, 0.05) is 13.1 Å². The molecule has 0 aromatic heterocycles. The number of hydrogen-bond acceptors (Lipinski definition) is 7. The molecule has 1 amide bonds. The highest BCUT2D eigenvalue weighted by molar-refractivity contribution is 6.46. The molecule has 0 bridgehead atoms. The Hall–Kier alpha value is -3.23. The second-order valence-electron chi connectivity index (χ2n) is 8.70. The third-order valence-electron chi connectivity index (χ3n) is 5.86. The fraction of sp³-hybridized carbons (Fsp3) is 0.407. The van der Waals surface area contributed by atoms with Crippen LogP contribution >= 0.6 is 11.6 Å². The Morgan fingerprint density at radius 1 is 1.08 bits per heavy atom. The van der Waals surface area contributed by atoms with E-state index in [-0.39, 0.29) is 34.2 Å². The van der Waals surface area contributed by atoms with Crippen LogP contribution in [0, 0.1) is 6.92 Å². The van der Waals surface area contributed by atoms with Gasteiger partial charge in [-0.05, 0) is 70.3 Å². The number of aliphatic hydroxyl groups excluding tert-OH is 1. The highest BCUT2D eigenvalue weighted by Crippen LogP contribution is 2.44. The quantitative estimate of drug-likeness (QED) is 0.284. The van der Waals surface area contributed by atoms with E-state index in [1.165, 1.54) is 12.0 Å². The van der Waals surface area contributed by atoms with Crippen molar-refractivity contribution in [3.05, 3.63) is 57.6 Å². The van der Waals surface area contributed by atoms with E-state index in [4.69, 9.17) is 25.8 Å². The summed E-state index contributed by atoms with van der Waals surface area (Å²) in [5.74, 6) is -0.540. The number of rotatable bonds is 10. The summed E-state index contributed by atoms with van der Waals surface area (Å²) in [7, 11) is 5.20. The number of carbonyl (C=O) groups is 2. The Balaban J connectivity index is 2.27. The maximum Gasteiger partial charge on any atom is 0.295 e. The summed E-state index contributed by atoms with van der Waals surface area (Å²) in [6.45, 7) is 7.22. The second-order valence-corrected chi connectivity index (χ2v) is 9.10. The van der Waals surface area contributed by atoms with Crippen LogP contribution in [0.15, 0.2) is 35.9 Å². The van der Waals surface area contributed by atoms with Gasteiger partial charge >= 0.3 is 0 Å². The zero-order chi connectivity index (χ0) is 26.6. The molecule has 0 spiro atoms. The molecule has 0 radical (unpaired) electrons. The summed E-state index contributed by atoms with van der Waals surface area (Å²) in [5.41, 5.74) is 1.58. The van der Waals surface area contributed by atoms with Gasteiger partial charge in [-0.2, -0.15) is 0 Å². The van der Waals surface area contributed by atoms with Crippen LogP contribution in [0.3, 0.4) is 0 Å². The number of ether oxygens (including phenoxy) is 3. The van der Waals surface area contributed by atoms with E-state index in [0.717, 1.165) is 5.56 Å². The molecule has 0 aliphatic carbocycles. The van der Waals surface area contributed by atoms with Crippen molar-refractivity contribution >= 4 is 29.1 Å². The molecule has 2 aromatic rings. The van der Waals surface area contributed by atoms with Gasteiger partial charge in [-0.3, -0.25) is 9.59 Å². The minimum absolute atomic E-state index is 0.0367. The van der Waals surface area contributed by atoms with E-state index in [0.29, 0.717) is 36.8 Å². The Bertz CT molecular complexity index is 1180. The van der Waals surface area contributed by atoms with Crippen molar-refractivity contribution in [2.45, 2.75) is 26.8 Å². The molecule has 3 rings (SSSR count). The highest BCUT2D eigenvalue weighted by Gasteiger charge is 2.46. The van der Waals surface area contributed by atoms with Gasteiger partial charge in [0.15, 0.2) is 11.5 Å². The molecule has 1 unspecified atom stereocenters. The van der Waals surface area contributed by atoms with E-state index in [2.05, 4.69) is 0 Å². The molecule has 1 aliphatic rings. The number of Topliss-reactive ketones (excluding diaryl/α,β-unsaturated/α-hetero) is 1. The Labute approximate surface area is 217 Å². The summed E-state index contributed by atoms with van der Waals surface area (Å²) in [5, 5.41) is 11.8. The van der Waals surface area contributed by atoms with Gasteiger partial charge < -0.3 is 29.1 Å². The highest BCUT2D eigenvalue weighted by atomic mass is 35.5. The molecular weight excluding hydrogens is 484 g/mol. The standard InChI is InChI=1S/C27H33ClN2O6/c1-7-35-20-10-9-17(15-21(20)36-8-2)23-22(25(32)27(33)30(23)12-11-29(4)5)24(31)18-13-16(3)14-19(28)26(18)34-6/h9-10,13-15,23,31H,7-8,11-12H2,1-6H3/b24-22+. The molecular formula is C27H33ClN2O6. The minimum Gasteiger partial charge on any atom is -0.507 e. The molecule has 1 fully saturated rings. The summed E-state index contributed by atoms with van der Waals surface area (Å²) >= 11 is 6.36. The predicted molar refractivity (Wildman–Crippen MR) is 139 cm³/mol. The number of halogens is 1. The molecule has 0 saturated carbocycles. The molecule has 8 nitrogen and oxygen atoms in total. The van der Waals surface area contributed by atoms with Gasteiger partial charge in [0.2, 0.25) is 0 Å². The van der Waals surface area contributed by atoms with E-state index < -0.39 is 17.7 Å². The predicted octanol–water partition coefficient (Wildman–Crippen LogP) is 4.44. The lowest BCUT2D eigenvalue weighted by molar-refractivity contribution is -0.140. The number of ketones is 1. The number of benzene rings is 2. The average Bonchev–Trinajstić information content (AvgIpc) is 3.08. The molecule has 1 saturated heterocycles. The van der Waals surface area contributed by atoms with Crippen LogP contribution in [0.4, 0.5) is 0 Å². The first-order valence-electron chi connectivity index (χ1n) is 11.8. The van der Waals surface area contributed by atoms with Crippen LogP contribution in [-0.2, 0) is 9.59 Å². The third kappa shape index (κ3) is 5.44. The Kier molecular flexibility index (Phi) is 8.87. The van der Waals surface area contributed by atoms with Crippen molar-refractivity contribution in [3.63, 3.8) is 0 Å². The van der Waals surface area contributed by atoms with Gasteiger partial charge in [-0.1, -0.05) is 17.7 Å². The first-order chi connectivity index (χ1) is 17.1. The summed E-state index contributed by atoms with van der Waals surface area (Å²) in [4.78, 5) is 30.0. The second kappa shape index (κ2) is 11.7. The smallest absolute Gasteiger partial charge is 0.295 e. The van der Waals surface area contributed by atoms with Gasteiger partial charge in [0.05, 0.1) is 42.5 Å². The van der Waals surface area contributed by atoms with Crippen molar-refractivity contribution in [1.29, 1.82) is 0 Å². The van der Waals surface area contributed by atoms with Crippen molar-refractivity contribution in [2.24, 2.45) is 0 Å². The number of hydrogen-bond donors (Lipinski definition) is 1. The van der Waals surface area contributed by atoms with Gasteiger partial charge in [0.1, 0.15) is 11.5 Å². The molecule has 2 aromatic carbocycles. The fourth-order valence-corrected chi connectivity index (χ4v) is 4.61. The van der Waals surface area contributed by atoms with E-state index >= 15 is 0 Å². The number of likely N-dealkylation sites (N-methyl/N-ethyl adjacent to an activating group) is 1. The zero-order valence-electron chi connectivity index (χ0n) is 21.6. The number of aryl methyl sites for hydroxylation is 1. The fourth-order valence-electron chi connectivity index (χ4n) is 4.26. The molecule has 1 aliphatic heterocycles. The van der Waals surface area contributed by atoms with Crippen LogP contribution in [0.2, 0.25) is 5.02 Å². The lowest BCUT2D eigenvalue weighted by Crippen LogP contribution is -2.35. The largest absolute Gasteiger partial charge is 0.507 e. The number of methoxy groups -OCH3 is 1. The first-order valence-corrected chi connectivity index (χ1v) is 12.2. The summed E-state index contributed by atoms with van der Waals surface area (Å²) in [6.07, 6.45) is 0. The Morgan fingerprint density at radius 3 is 2.36 bits per heavy atom. The number of aliphatic hydroxyl groups is 1. The SMILES string of the molecule is CCOc1ccc(C2/C(=C(\O)c3cc(C)cc(Cl)c3OC)C(=O)C(=O)N2CCN(C)C)cc1OCC. The maximum atomic E-state index is 13.4. The third-order valence-corrected chi connectivity index (χ3v) is 6.14. The molecule has 9 heteroatoms. The van der Waals surface area contributed by atoms with Crippen LogP contribution in [0.25, 0.3) is 5.76 Å². The first kappa shape index (κ1) is 27.4. The number of carbonyl (C=O) groups excluding carboxylic acids is 2. The molecule has 1 heterocycles. The normalized spacial score (nSPS) is 17.1.